The summed E-state index contributed by atoms with van der Waals surface area (Å²) < 4.78 is 29.8. The number of nitrogens with zero attached hydrogens (tertiary/aromatic N) is 3. The van der Waals surface area contributed by atoms with Gasteiger partial charge in [0, 0.05) is 5.69 Å². The molecule has 4 aromatic rings. The van der Waals surface area contributed by atoms with Crippen molar-refractivity contribution >= 4 is 28.1 Å². The van der Waals surface area contributed by atoms with Crippen molar-refractivity contribution in [2.24, 2.45) is 0 Å². The monoisotopic (exact) mass is 420 g/mol. The fraction of sp³-hybridized carbons (Fsp3) is 0.136. The molecule has 0 spiro atoms. The maximum atomic E-state index is 14.7. The van der Waals surface area contributed by atoms with Crippen LogP contribution in [0.1, 0.15) is 18.7 Å². The molecule has 0 fully saturated rings. The van der Waals surface area contributed by atoms with Crippen molar-refractivity contribution in [2.75, 3.05) is 22.6 Å². The minimum Gasteiger partial charge on any atom is -0.362 e. The Hall–Kier alpha value is -4.01. The van der Waals surface area contributed by atoms with Crippen molar-refractivity contribution in [2.45, 2.75) is 13.0 Å². The molecule has 1 aliphatic heterocycles. The number of halogens is 2. The second-order valence-corrected chi connectivity index (χ2v) is 7.23. The van der Waals surface area contributed by atoms with Gasteiger partial charge in [0.2, 0.25) is 0 Å². The molecule has 0 saturated carbocycles. The Morgan fingerprint density at radius 3 is 2.77 bits per heavy atom. The van der Waals surface area contributed by atoms with Crippen LogP contribution in [0.4, 0.5) is 26.1 Å². The summed E-state index contributed by atoms with van der Waals surface area (Å²) in [5.74, 6) is 0.140. The molecule has 2 aromatic heterocycles. The average Bonchev–Trinajstić information content (AvgIpc) is 3.25. The van der Waals surface area contributed by atoms with Crippen LogP contribution in [-0.2, 0) is 0 Å². The van der Waals surface area contributed by atoms with Crippen molar-refractivity contribution in [3.05, 3.63) is 82.5 Å². The molecule has 7 nitrogen and oxygen atoms in total. The van der Waals surface area contributed by atoms with Gasteiger partial charge >= 0.3 is 0 Å². The lowest BCUT2D eigenvalue weighted by Gasteiger charge is -2.22. The molecule has 1 aliphatic rings. The van der Waals surface area contributed by atoms with Crippen molar-refractivity contribution in [3.8, 4) is 5.69 Å². The first-order valence-corrected chi connectivity index (χ1v) is 9.72. The number of fused-ring (bicyclic) bond motifs is 2. The van der Waals surface area contributed by atoms with Crippen LogP contribution in [0.5, 0.6) is 0 Å². The van der Waals surface area contributed by atoms with Crippen molar-refractivity contribution in [1.29, 1.82) is 0 Å². The van der Waals surface area contributed by atoms with Gasteiger partial charge in [0.05, 0.1) is 23.8 Å². The van der Waals surface area contributed by atoms with Gasteiger partial charge in [0.1, 0.15) is 23.6 Å². The van der Waals surface area contributed by atoms with Crippen LogP contribution in [0.3, 0.4) is 0 Å². The van der Waals surface area contributed by atoms with Gasteiger partial charge in [-0.2, -0.15) is 0 Å². The molecule has 0 saturated heterocycles. The van der Waals surface area contributed by atoms with Gasteiger partial charge in [-0.1, -0.05) is 18.2 Å². The Labute approximate surface area is 175 Å². The van der Waals surface area contributed by atoms with E-state index in [2.05, 4.69) is 25.9 Å². The van der Waals surface area contributed by atoms with Crippen molar-refractivity contribution < 1.29 is 8.78 Å². The quantitative estimate of drug-likeness (QED) is 0.462. The number of anilines is 3. The summed E-state index contributed by atoms with van der Waals surface area (Å²) in [5.41, 5.74) is 0.818. The standard InChI is InChI=1S/C22H18F2N6O/c1-12(29-21-19-20(26-10-25-19)27-11-28-21)18-8-13-6-7-14(23)9-15(13)22(31)30(18)17-5-3-2-4-16(17)24/h2-9,11-12,25H,10H2,1H3,(H2,26,27,28,29)/t12-/m0/s1. The molecule has 9 heteroatoms. The van der Waals surface area contributed by atoms with E-state index in [0.29, 0.717) is 29.4 Å². The number of hydrogen-bond donors (Lipinski definition) is 3. The summed E-state index contributed by atoms with van der Waals surface area (Å²) in [6.07, 6.45) is 1.43. The molecular formula is C22H18F2N6O. The maximum absolute atomic E-state index is 14.7. The Bertz CT molecular complexity index is 1370. The van der Waals surface area contributed by atoms with Crippen molar-refractivity contribution in [3.63, 3.8) is 0 Å². The number of rotatable bonds is 4. The molecular weight excluding hydrogens is 402 g/mol. The average molecular weight is 420 g/mol. The zero-order valence-electron chi connectivity index (χ0n) is 16.5. The third kappa shape index (κ3) is 3.24. The molecule has 3 N–H and O–H groups in total. The predicted octanol–water partition coefficient (Wildman–Crippen LogP) is 4.03. The minimum atomic E-state index is -0.553. The highest BCUT2D eigenvalue weighted by Gasteiger charge is 2.22. The molecule has 0 aliphatic carbocycles. The molecule has 3 heterocycles. The third-order valence-corrected chi connectivity index (χ3v) is 5.27. The number of aromatic nitrogens is 3. The smallest absolute Gasteiger partial charge is 0.263 e. The Kier molecular flexibility index (Phi) is 4.50. The van der Waals surface area contributed by atoms with E-state index in [-0.39, 0.29) is 11.1 Å². The highest BCUT2D eigenvalue weighted by atomic mass is 19.1. The fourth-order valence-electron chi connectivity index (χ4n) is 3.79. The molecule has 0 amide bonds. The lowest BCUT2D eigenvalue weighted by molar-refractivity contribution is 0.610. The third-order valence-electron chi connectivity index (χ3n) is 5.27. The van der Waals surface area contributed by atoms with Gasteiger partial charge in [-0.3, -0.25) is 9.36 Å². The van der Waals surface area contributed by atoms with E-state index in [1.165, 1.54) is 35.2 Å². The lowest BCUT2D eigenvalue weighted by Crippen LogP contribution is -2.26. The Morgan fingerprint density at radius 2 is 1.94 bits per heavy atom. The molecule has 1 atom stereocenters. The summed E-state index contributed by atoms with van der Waals surface area (Å²) in [6.45, 7) is 2.37. The van der Waals surface area contributed by atoms with Gasteiger partial charge in [0.15, 0.2) is 11.6 Å². The second kappa shape index (κ2) is 7.35. The first kappa shape index (κ1) is 19.0. The van der Waals surface area contributed by atoms with Crippen LogP contribution in [0.15, 0.2) is 59.7 Å². The van der Waals surface area contributed by atoms with Crippen LogP contribution in [0, 0.1) is 11.6 Å². The highest BCUT2D eigenvalue weighted by Crippen LogP contribution is 2.33. The number of benzene rings is 2. The van der Waals surface area contributed by atoms with Crippen LogP contribution in [-0.4, -0.2) is 21.2 Å². The highest BCUT2D eigenvalue weighted by molar-refractivity contribution is 5.83. The first-order valence-electron chi connectivity index (χ1n) is 9.72. The molecule has 0 bridgehead atoms. The normalized spacial score (nSPS) is 13.4. The van der Waals surface area contributed by atoms with E-state index in [1.807, 2.05) is 6.92 Å². The maximum Gasteiger partial charge on any atom is 0.263 e. The number of nitrogens with one attached hydrogen (secondary N) is 3. The summed E-state index contributed by atoms with van der Waals surface area (Å²) in [7, 11) is 0. The minimum absolute atomic E-state index is 0.0926. The Morgan fingerprint density at radius 1 is 1.10 bits per heavy atom. The summed E-state index contributed by atoms with van der Waals surface area (Å²) in [4.78, 5) is 21.8. The number of hydrogen-bond acceptors (Lipinski definition) is 6. The fourth-order valence-corrected chi connectivity index (χ4v) is 3.79. The number of pyridine rings is 1. The summed E-state index contributed by atoms with van der Waals surface area (Å²) in [6, 6.07) is 11.3. The van der Waals surface area contributed by atoms with Crippen LogP contribution >= 0.6 is 0 Å². The van der Waals surface area contributed by atoms with E-state index in [9.17, 15) is 13.6 Å². The lowest BCUT2D eigenvalue weighted by atomic mass is 10.1. The molecule has 0 unspecified atom stereocenters. The van der Waals surface area contributed by atoms with Gasteiger partial charge in [-0.25, -0.2) is 18.7 Å². The van der Waals surface area contributed by atoms with Gasteiger partial charge in [0.25, 0.3) is 5.56 Å². The van der Waals surface area contributed by atoms with E-state index < -0.39 is 23.2 Å². The SMILES string of the molecule is C[C@H](Nc1ncnc2c1NCN2)c1cc2ccc(F)cc2c(=O)n1-c1ccccc1F. The van der Waals surface area contributed by atoms with Gasteiger partial charge in [-0.15, -0.1) is 0 Å². The second-order valence-electron chi connectivity index (χ2n) is 7.23. The van der Waals surface area contributed by atoms with E-state index >= 15 is 0 Å². The molecule has 156 valence electrons. The van der Waals surface area contributed by atoms with E-state index in [0.717, 1.165) is 5.69 Å². The largest absolute Gasteiger partial charge is 0.362 e. The number of para-hydroxylation sites is 1. The van der Waals surface area contributed by atoms with E-state index in [4.69, 9.17) is 0 Å². The van der Waals surface area contributed by atoms with Gasteiger partial charge in [-0.05, 0) is 42.6 Å². The zero-order valence-corrected chi connectivity index (χ0v) is 16.5. The first-order chi connectivity index (χ1) is 15.0. The molecule has 2 aromatic carbocycles. The molecule has 0 radical (unpaired) electrons. The van der Waals surface area contributed by atoms with Crippen molar-refractivity contribution in [1.82, 2.24) is 14.5 Å². The topological polar surface area (TPSA) is 83.9 Å². The summed E-state index contributed by atoms with van der Waals surface area (Å²) in [5, 5.41) is 10.3. The molecule has 5 rings (SSSR count). The van der Waals surface area contributed by atoms with E-state index in [1.54, 1.807) is 24.3 Å². The summed E-state index contributed by atoms with van der Waals surface area (Å²) >= 11 is 0. The Balaban J connectivity index is 1.70. The molecule has 31 heavy (non-hydrogen) atoms. The predicted molar refractivity (Wildman–Crippen MR) is 116 cm³/mol. The van der Waals surface area contributed by atoms with Crippen LogP contribution in [0.25, 0.3) is 16.5 Å². The zero-order chi connectivity index (χ0) is 21.5. The van der Waals surface area contributed by atoms with Crippen LogP contribution in [0.2, 0.25) is 0 Å². The van der Waals surface area contributed by atoms with Crippen LogP contribution < -0.4 is 21.5 Å². The van der Waals surface area contributed by atoms with Gasteiger partial charge < -0.3 is 16.0 Å².